The van der Waals surface area contributed by atoms with Crippen LogP contribution in [0.1, 0.15) is 18.4 Å². The number of hydroxylamine groups is 3. The van der Waals surface area contributed by atoms with E-state index in [1.807, 2.05) is 30.4 Å². The van der Waals surface area contributed by atoms with Crippen LogP contribution in [0.5, 0.6) is 0 Å². The van der Waals surface area contributed by atoms with Crippen LogP contribution >= 0.6 is 0 Å². The molecule has 1 saturated heterocycles. The zero-order valence-corrected chi connectivity index (χ0v) is 13.0. The number of nitrogens with zero attached hydrogens (tertiary/aromatic N) is 1. The Balaban J connectivity index is 1.84. The van der Waals surface area contributed by atoms with E-state index in [0.29, 0.717) is 19.5 Å². The maximum Gasteiger partial charge on any atom is 0.228 e. The van der Waals surface area contributed by atoms with Gasteiger partial charge in [0.15, 0.2) is 0 Å². The minimum absolute atomic E-state index is 0.0705. The lowest BCUT2D eigenvalue weighted by molar-refractivity contribution is -0.895. The van der Waals surface area contributed by atoms with Gasteiger partial charge in [-0.25, -0.2) is 0 Å². The van der Waals surface area contributed by atoms with E-state index in [1.165, 1.54) is 0 Å². The topological polar surface area (TPSA) is 52.2 Å². The van der Waals surface area contributed by atoms with Crippen LogP contribution in [0.4, 0.5) is 5.69 Å². The molecule has 0 aromatic heterocycles. The van der Waals surface area contributed by atoms with Crippen LogP contribution in [-0.4, -0.2) is 29.7 Å². The number of hydrogen-bond donors (Lipinski definition) is 1. The van der Waals surface area contributed by atoms with Crippen LogP contribution in [0.25, 0.3) is 0 Å². The Kier molecular flexibility index (Phi) is 2.32. The van der Waals surface area contributed by atoms with Crippen LogP contribution in [0.2, 0.25) is 0 Å². The molecule has 1 aromatic carbocycles. The van der Waals surface area contributed by atoms with Crippen LogP contribution in [0, 0.1) is 16.5 Å². The highest BCUT2D eigenvalue weighted by molar-refractivity contribution is 5.98. The molecule has 4 heteroatoms. The zero-order valence-electron chi connectivity index (χ0n) is 13.0. The Morgan fingerprint density at radius 1 is 1.39 bits per heavy atom. The van der Waals surface area contributed by atoms with Gasteiger partial charge < -0.3 is 15.2 Å². The summed E-state index contributed by atoms with van der Waals surface area (Å²) in [4.78, 5) is 12.8. The van der Waals surface area contributed by atoms with Crippen molar-refractivity contribution in [1.29, 1.82) is 0 Å². The second kappa shape index (κ2) is 3.94. The fraction of sp³-hybridized carbons (Fsp3) is 0.421. The summed E-state index contributed by atoms with van der Waals surface area (Å²) in [6.07, 6.45) is 7.57. The summed E-state index contributed by atoms with van der Waals surface area (Å²) in [5.41, 5.74) is 1.33. The molecule has 5 atom stereocenters. The van der Waals surface area contributed by atoms with Gasteiger partial charge in [-0.15, -0.1) is 6.58 Å². The van der Waals surface area contributed by atoms with Crippen LogP contribution < -0.4 is 5.32 Å². The highest BCUT2D eigenvalue weighted by Gasteiger charge is 2.74. The van der Waals surface area contributed by atoms with Gasteiger partial charge in [-0.1, -0.05) is 30.4 Å². The standard InChI is InChI=1S/C19H20N2O2/c1-2-18-8-5-10-21(23)11-9-19(17(18)21)13-6-3-4-7-15(13)20-16(22)14(19)12-18/h2-8,14,17H,1,9-12H2,(H,20,22)/t14-,17+,18+,19+,21?/m1/s1. The average molecular weight is 308 g/mol. The van der Waals surface area contributed by atoms with E-state index < -0.39 is 0 Å². The van der Waals surface area contributed by atoms with E-state index in [1.54, 1.807) is 0 Å². The van der Waals surface area contributed by atoms with Crippen LogP contribution in [0.15, 0.2) is 49.1 Å². The second-order valence-electron chi connectivity index (χ2n) is 7.56. The number of rotatable bonds is 1. The van der Waals surface area contributed by atoms with Crippen molar-refractivity contribution in [3.05, 3.63) is 59.8 Å². The van der Waals surface area contributed by atoms with Gasteiger partial charge in [-0.2, -0.15) is 0 Å². The predicted octanol–water partition coefficient (Wildman–Crippen LogP) is 2.73. The molecule has 1 aliphatic carbocycles. The minimum Gasteiger partial charge on any atom is -0.632 e. The van der Waals surface area contributed by atoms with Gasteiger partial charge in [0, 0.05) is 12.1 Å². The number of fused-ring (bicyclic) bond motifs is 1. The Hall–Kier alpha value is -1.91. The summed E-state index contributed by atoms with van der Waals surface area (Å²) >= 11 is 0. The Labute approximate surface area is 135 Å². The molecule has 4 nitrogen and oxygen atoms in total. The molecule has 1 unspecified atom stereocenters. The van der Waals surface area contributed by atoms with E-state index in [4.69, 9.17) is 0 Å². The third-order valence-corrected chi connectivity index (χ3v) is 6.78. The van der Waals surface area contributed by atoms with Gasteiger partial charge >= 0.3 is 0 Å². The van der Waals surface area contributed by atoms with Crippen molar-refractivity contribution < 1.29 is 9.44 Å². The summed E-state index contributed by atoms with van der Waals surface area (Å²) in [5, 5.41) is 16.6. The molecule has 1 N–H and O–H groups in total. The summed E-state index contributed by atoms with van der Waals surface area (Å²) in [6, 6.07) is 7.90. The molecular weight excluding hydrogens is 288 g/mol. The molecule has 3 aliphatic heterocycles. The zero-order chi connectivity index (χ0) is 15.9. The van der Waals surface area contributed by atoms with Crippen molar-refractivity contribution in [1.82, 2.24) is 0 Å². The Morgan fingerprint density at radius 2 is 2.22 bits per heavy atom. The van der Waals surface area contributed by atoms with Crippen LogP contribution in [-0.2, 0) is 10.2 Å². The number of para-hydroxylation sites is 1. The molecule has 23 heavy (non-hydrogen) atoms. The fourth-order valence-electron chi connectivity index (χ4n) is 6.07. The number of hydrogen-bond acceptors (Lipinski definition) is 2. The van der Waals surface area contributed by atoms with E-state index >= 15 is 0 Å². The lowest BCUT2D eigenvalue weighted by Gasteiger charge is -2.53. The first-order valence-corrected chi connectivity index (χ1v) is 8.35. The highest BCUT2D eigenvalue weighted by Crippen LogP contribution is 2.67. The van der Waals surface area contributed by atoms with Crippen molar-refractivity contribution in [2.45, 2.75) is 24.3 Å². The lowest BCUT2D eigenvalue weighted by Crippen LogP contribution is -2.59. The summed E-state index contributed by atoms with van der Waals surface area (Å²) in [6.45, 7) is 5.15. The molecular formula is C19H20N2O2. The average Bonchev–Trinajstić information content (AvgIpc) is 3.05. The molecule has 5 rings (SSSR count). The maximum absolute atomic E-state index is 13.6. The van der Waals surface area contributed by atoms with Gasteiger partial charge in [-0.05, 0) is 24.1 Å². The predicted molar refractivity (Wildman–Crippen MR) is 88.4 cm³/mol. The highest BCUT2D eigenvalue weighted by atomic mass is 16.5. The molecule has 0 bridgehead atoms. The summed E-state index contributed by atoms with van der Waals surface area (Å²) in [7, 11) is 0. The molecule has 1 saturated carbocycles. The number of carbonyl (C=O) groups excluding carboxylic acids is 1. The fourth-order valence-corrected chi connectivity index (χ4v) is 6.07. The van der Waals surface area contributed by atoms with E-state index in [-0.39, 0.29) is 33.3 Å². The first-order chi connectivity index (χ1) is 11.1. The SMILES string of the molecule is C=C[C@]12C=CC[N+]3([O-])CC[C@@]4(c5ccccc5NC(=O)[C@H]4C1)[C@H]23. The summed E-state index contributed by atoms with van der Waals surface area (Å²) < 4.78 is -0.208. The third kappa shape index (κ3) is 1.34. The second-order valence-corrected chi connectivity index (χ2v) is 7.56. The first-order valence-electron chi connectivity index (χ1n) is 8.35. The van der Waals surface area contributed by atoms with Crippen molar-refractivity contribution in [2.24, 2.45) is 11.3 Å². The third-order valence-electron chi connectivity index (χ3n) is 6.78. The van der Waals surface area contributed by atoms with Gasteiger partial charge in [0.1, 0.15) is 6.04 Å². The quantitative estimate of drug-likeness (QED) is 0.493. The van der Waals surface area contributed by atoms with E-state index in [0.717, 1.165) is 17.7 Å². The lowest BCUT2D eigenvalue weighted by atomic mass is 9.65. The smallest absolute Gasteiger partial charge is 0.228 e. The van der Waals surface area contributed by atoms with Crippen molar-refractivity contribution in [2.75, 3.05) is 18.4 Å². The first kappa shape index (κ1) is 13.5. The number of quaternary nitrogens is 1. The molecule has 118 valence electrons. The number of carbonyl (C=O) groups is 1. The number of benzene rings is 1. The van der Waals surface area contributed by atoms with E-state index in [9.17, 15) is 10.0 Å². The number of anilines is 1. The number of nitrogens with one attached hydrogen (secondary N) is 1. The Morgan fingerprint density at radius 3 is 3.04 bits per heavy atom. The van der Waals surface area contributed by atoms with Crippen LogP contribution in [0.3, 0.4) is 0 Å². The van der Waals surface area contributed by atoms with Crippen molar-refractivity contribution in [3.8, 4) is 0 Å². The minimum atomic E-state index is -0.365. The van der Waals surface area contributed by atoms with Gasteiger partial charge in [-0.3, -0.25) is 4.79 Å². The van der Waals surface area contributed by atoms with Gasteiger partial charge in [0.25, 0.3) is 0 Å². The molecule has 0 radical (unpaired) electrons. The molecule has 3 heterocycles. The molecule has 1 amide bonds. The maximum atomic E-state index is 13.6. The van der Waals surface area contributed by atoms with E-state index in [2.05, 4.69) is 24.0 Å². The van der Waals surface area contributed by atoms with Crippen molar-refractivity contribution >= 4 is 11.6 Å². The summed E-state index contributed by atoms with van der Waals surface area (Å²) in [5.74, 6) is -0.0710. The normalized spacial score (nSPS) is 45.9. The molecule has 2 fully saturated rings. The Bertz CT molecular complexity index is 772. The largest absolute Gasteiger partial charge is 0.632 e. The van der Waals surface area contributed by atoms with Crippen molar-refractivity contribution in [3.63, 3.8) is 0 Å². The van der Waals surface area contributed by atoms with Gasteiger partial charge in [0.05, 0.1) is 29.8 Å². The molecule has 1 aromatic rings. The molecule has 4 aliphatic rings. The van der Waals surface area contributed by atoms with Gasteiger partial charge in [0.2, 0.25) is 5.91 Å². The number of amides is 1. The monoisotopic (exact) mass is 308 g/mol. The molecule has 1 spiro atoms.